The van der Waals surface area contributed by atoms with Crippen LogP contribution in [0.1, 0.15) is 66.7 Å². The summed E-state index contributed by atoms with van der Waals surface area (Å²) in [7, 11) is 0. The van der Waals surface area contributed by atoms with Crippen molar-refractivity contribution in [2.45, 2.75) is 218 Å². The first-order valence-electron chi connectivity index (χ1n) is 27.4. The maximum absolute atomic E-state index is 13.3. The lowest BCUT2D eigenvalue weighted by molar-refractivity contribution is -0.370. The second-order valence-electron chi connectivity index (χ2n) is 22.9. The summed E-state index contributed by atoms with van der Waals surface area (Å²) in [6.07, 6.45) is -47.2. The molecule has 5 heterocycles. The Balaban J connectivity index is 1.41. The molecule has 86 heavy (non-hydrogen) atoms. The summed E-state index contributed by atoms with van der Waals surface area (Å²) in [4.78, 5) is 64.4. The monoisotopic (exact) mass is 1260 g/mol. The van der Waals surface area contributed by atoms with Crippen molar-refractivity contribution < 1.29 is 179 Å². The summed E-state index contributed by atoms with van der Waals surface area (Å²) in [6.45, 7) is -0.576. The van der Waals surface area contributed by atoms with Gasteiger partial charge in [0.15, 0.2) is 0 Å². The molecule has 0 spiro atoms. The zero-order valence-electron chi connectivity index (χ0n) is 47.1. The molecule has 30 atom stereocenters. The molecule has 0 amide bonds. The third-order valence-electron chi connectivity index (χ3n) is 17.2. The zero-order valence-corrected chi connectivity index (χ0v) is 47.1. The fourth-order valence-electron chi connectivity index (χ4n) is 11.4. The van der Waals surface area contributed by atoms with Crippen LogP contribution >= 0.6 is 0 Å². The van der Waals surface area contributed by atoms with Crippen LogP contribution in [0.25, 0.3) is 0 Å². The third-order valence-corrected chi connectivity index (χ3v) is 17.2. The first-order valence-corrected chi connectivity index (χ1v) is 27.4. The van der Waals surface area contributed by atoms with Crippen LogP contribution in [0, 0.1) is 29.6 Å². The molecular formula is C50H82O36. The van der Waals surface area contributed by atoms with E-state index in [1.807, 2.05) is 0 Å². The Morgan fingerprint density at radius 2 is 0.570 bits per heavy atom. The fourth-order valence-corrected chi connectivity index (χ4v) is 11.4. The van der Waals surface area contributed by atoms with E-state index in [-0.39, 0.29) is 0 Å². The highest BCUT2D eigenvalue weighted by atomic mass is 16.8. The quantitative estimate of drug-likeness (QED) is 0.0346. The van der Waals surface area contributed by atoms with Gasteiger partial charge in [-0.3, -0.25) is 0 Å². The Morgan fingerprint density at radius 1 is 0.360 bits per heavy atom. The molecule has 5 rings (SSSR count). The standard InChI is InChI=1S/C50H82O36/c1-16-21(56)6-46(77,41(67)68)82-37(16)32(63)27(12-52)78-48(43(71)72)8-23(58)18(3)39(84-48)34(65)29(14-54)80-50(45(75)76)10-25(60)20(5)40(86-50)35(66)30(15-55)81-49(44(73)74)9-24(59)19(4)38(85-49)33(64)28(13-53)79-47(42(69)70)7-22(57)17(2)36(83-47)31(62)26(61)11-51/h16-40,51-66,77H,6-15H2,1-5H3,(H,67,68)(H,69,70)(H,71,72)(H,73,74)(H,75,76)/t16-,17-,18-,19-,20-,21-,22-,23-,24-,25-,26-,27-,28-,29-,30-,31-,32-,33-,34-,35-,36?,37?,38?,39?,40?,46+,47-,48-,49-,50-/m1/s1. The largest absolute Gasteiger partial charge is 0.477 e. The van der Waals surface area contributed by atoms with Crippen LogP contribution in [-0.2, 0) is 66.6 Å². The van der Waals surface area contributed by atoms with Crippen LogP contribution in [0.15, 0.2) is 0 Å². The lowest BCUT2D eigenvalue weighted by Crippen LogP contribution is -2.67. The van der Waals surface area contributed by atoms with Crippen LogP contribution in [-0.4, -0.2) is 326 Å². The smallest absolute Gasteiger partial charge is 0.364 e. The number of carbonyl (C=O) groups is 5. The molecule has 0 radical (unpaired) electrons. The summed E-state index contributed by atoms with van der Waals surface area (Å²) in [5.41, 5.74) is 0. The normalized spacial score (nSPS) is 42.4. The molecule has 22 N–H and O–H groups in total. The molecule has 0 saturated carbocycles. The number of aliphatic carboxylic acids is 5. The van der Waals surface area contributed by atoms with E-state index < -0.39 is 276 Å². The maximum Gasteiger partial charge on any atom is 0.364 e. The Kier molecular flexibility index (Phi) is 24.3. The Bertz CT molecular complexity index is 2300. The van der Waals surface area contributed by atoms with E-state index in [1.54, 1.807) is 0 Å². The Hall–Kier alpha value is -3.69. The average molecular weight is 1260 g/mol. The molecule has 0 aromatic carbocycles. The fraction of sp³-hybridized carbons (Fsp3) is 0.900. The van der Waals surface area contributed by atoms with Crippen LogP contribution in [0.4, 0.5) is 0 Å². The lowest BCUT2D eigenvalue weighted by Gasteiger charge is -2.50. The molecule has 0 aromatic rings. The minimum Gasteiger partial charge on any atom is -0.477 e. The Labute approximate surface area is 488 Å². The van der Waals surface area contributed by atoms with Crippen molar-refractivity contribution in [3.63, 3.8) is 0 Å². The van der Waals surface area contributed by atoms with Gasteiger partial charge in [0.1, 0.15) is 61.0 Å². The van der Waals surface area contributed by atoms with Gasteiger partial charge < -0.3 is 155 Å². The summed E-state index contributed by atoms with van der Waals surface area (Å²) < 4.78 is 50.7. The first-order chi connectivity index (χ1) is 39.9. The zero-order chi connectivity index (χ0) is 65.3. The maximum atomic E-state index is 13.3. The van der Waals surface area contributed by atoms with Crippen LogP contribution in [0.2, 0.25) is 0 Å². The first kappa shape index (κ1) is 73.0. The van der Waals surface area contributed by atoms with Gasteiger partial charge in [0.2, 0.25) is 0 Å². The van der Waals surface area contributed by atoms with E-state index in [4.69, 9.17) is 42.6 Å². The van der Waals surface area contributed by atoms with Gasteiger partial charge >= 0.3 is 29.8 Å². The number of aliphatic hydroxyl groups is 17. The van der Waals surface area contributed by atoms with Crippen LogP contribution < -0.4 is 0 Å². The van der Waals surface area contributed by atoms with Crippen molar-refractivity contribution in [3.05, 3.63) is 0 Å². The number of hydrogen-bond acceptors (Lipinski definition) is 31. The second-order valence-corrected chi connectivity index (χ2v) is 22.9. The molecule has 0 bridgehead atoms. The molecule has 0 aromatic heterocycles. The van der Waals surface area contributed by atoms with Crippen molar-refractivity contribution in [1.82, 2.24) is 0 Å². The molecule has 36 nitrogen and oxygen atoms in total. The molecule has 498 valence electrons. The number of carboxylic acids is 5. The van der Waals surface area contributed by atoms with E-state index >= 15 is 0 Å². The summed E-state index contributed by atoms with van der Waals surface area (Å²) in [5.74, 6) is -33.1. The van der Waals surface area contributed by atoms with Crippen molar-refractivity contribution in [2.75, 3.05) is 33.0 Å². The van der Waals surface area contributed by atoms with Gasteiger partial charge in [-0.15, -0.1) is 0 Å². The molecule has 5 fully saturated rings. The molecule has 5 unspecified atom stereocenters. The molecule has 0 aliphatic carbocycles. The minimum atomic E-state index is -3.32. The minimum absolute atomic E-state index is 0.888. The van der Waals surface area contributed by atoms with Gasteiger partial charge in [-0.25, -0.2) is 24.0 Å². The van der Waals surface area contributed by atoms with E-state index in [0.717, 1.165) is 6.92 Å². The second kappa shape index (κ2) is 28.6. The van der Waals surface area contributed by atoms with Crippen molar-refractivity contribution in [1.29, 1.82) is 0 Å². The van der Waals surface area contributed by atoms with E-state index in [1.165, 1.54) is 27.7 Å². The lowest BCUT2D eigenvalue weighted by atomic mass is 9.83. The average Bonchev–Trinajstić information content (AvgIpc) is 1.06. The predicted octanol–water partition coefficient (Wildman–Crippen LogP) is -9.52. The highest BCUT2D eigenvalue weighted by molar-refractivity contribution is 5.78. The topological polar surface area (TPSA) is 613 Å². The highest BCUT2D eigenvalue weighted by Crippen LogP contribution is 2.45. The number of ether oxygens (including phenoxy) is 9. The molecule has 36 heteroatoms. The van der Waals surface area contributed by atoms with Gasteiger partial charge in [0, 0.05) is 61.7 Å². The van der Waals surface area contributed by atoms with Crippen LogP contribution in [0.3, 0.4) is 0 Å². The van der Waals surface area contributed by atoms with Crippen molar-refractivity contribution >= 4 is 29.8 Å². The van der Waals surface area contributed by atoms with Crippen molar-refractivity contribution in [3.8, 4) is 0 Å². The predicted molar refractivity (Wildman–Crippen MR) is 268 cm³/mol. The SMILES string of the molecule is C[C@H]1C([C@H](O)[C@H](O)CO)O[C@@](O[C@H](CO)[C@@H](O)C2O[C@@](O[C@H](CO)[C@@H](O)C3O[C@@](O[C@H](CO)[C@@H](O)C4O[C@@](O[C@H](CO)[C@@H](O)C5O[C@](O)(C(=O)O)C[C@@H](O)[C@H]5C)(C(=O)O)C[C@@H](O)[C@H]4C)(C(=O)O)C[C@@H](O)[C@H]3C)(C(=O)O)C[C@@H](O)[C@H]2C)(C(=O)O)C[C@H]1O. The van der Waals surface area contributed by atoms with E-state index in [0.29, 0.717) is 0 Å². The highest BCUT2D eigenvalue weighted by Gasteiger charge is 2.63. The number of hydrogen-bond donors (Lipinski definition) is 22. The number of aliphatic hydroxyl groups excluding tert-OH is 16. The summed E-state index contributed by atoms with van der Waals surface area (Å²) in [6, 6.07) is 0. The van der Waals surface area contributed by atoms with E-state index in [2.05, 4.69) is 0 Å². The molecular weight excluding hydrogens is 1180 g/mol. The van der Waals surface area contributed by atoms with Crippen LogP contribution in [0.5, 0.6) is 0 Å². The molecule has 5 saturated heterocycles. The van der Waals surface area contributed by atoms with Gasteiger partial charge in [-0.1, -0.05) is 34.6 Å². The Morgan fingerprint density at radius 3 is 0.767 bits per heavy atom. The molecule has 5 aliphatic heterocycles. The third kappa shape index (κ3) is 14.6. The van der Waals surface area contributed by atoms with Gasteiger partial charge in [0.25, 0.3) is 28.9 Å². The summed E-state index contributed by atoms with van der Waals surface area (Å²) in [5, 5.41) is 237. The van der Waals surface area contributed by atoms with Crippen molar-refractivity contribution in [2.24, 2.45) is 29.6 Å². The van der Waals surface area contributed by atoms with Gasteiger partial charge in [0.05, 0.1) is 94.1 Å². The summed E-state index contributed by atoms with van der Waals surface area (Å²) >= 11 is 0. The van der Waals surface area contributed by atoms with Gasteiger partial charge in [-0.05, 0) is 0 Å². The number of rotatable bonds is 28. The number of carboxylic acid groups (broad SMARTS) is 5. The molecule has 5 aliphatic rings. The van der Waals surface area contributed by atoms with Gasteiger partial charge in [-0.2, -0.15) is 0 Å². The van der Waals surface area contributed by atoms with E-state index in [9.17, 15) is 136 Å².